The molecule has 2 aliphatic heterocycles. The molecule has 0 radical (unpaired) electrons. The van der Waals surface area contributed by atoms with E-state index >= 15 is 0 Å². The third-order valence-corrected chi connectivity index (χ3v) is 22.8. The molecule has 0 saturated heterocycles. The van der Waals surface area contributed by atoms with Crippen molar-refractivity contribution < 1.29 is 41.0 Å². The van der Waals surface area contributed by atoms with Gasteiger partial charge in [-0.2, -0.15) is 0 Å². The van der Waals surface area contributed by atoms with Crippen LogP contribution in [0.25, 0.3) is 0 Å². The van der Waals surface area contributed by atoms with Crippen LogP contribution in [0.1, 0.15) is 199 Å². The molecular formula is C83H115ClN10O9S2. The number of aliphatic imine (C=N–C) groups is 4. The summed E-state index contributed by atoms with van der Waals surface area (Å²) in [5.41, 5.74) is 6.60. The Labute approximate surface area is 632 Å². The van der Waals surface area contributed by atoms with Gasteiger partial charge < -0.3 is 35.0 Å². The molecule has 6 aromatic carbocycles. The summed E-state index contributed by atoms with van der Waals surface area (Å²) in [5.74, 6) is -0.905. The van der Waals surface area contributed by atoms with Crippen molar-refractivity contribution in [3.8, 4) is 5.75 Å². The number of nitrogens with one attached hydrogen (secondary N) is 2. The molecule has 2 aliphatic rings. The molecule has 3 N–H and O–H groups in total. The molecule has 19 nitrogen and oxygen atoms in total. The topological polar surface area (TPSA) is 228 Å². The predicted molar refractivity (Wildman–Crippen MR) is 435 cm³/mol. The van der Waals surface area contributed by atoms with E-state index in [0.717, 1.165) is 77.6 Å². The lowest BCUT2D eigenvalue weighted by Crippen LogP contribution is -2.47. The number of amides is 2. The number of ether oxygens (including phenoxy) is 2. The van der Waals surface area contributed by atoms with E-state index in [9.17, 15) is 31.5 Å². The van der Waals surface area contributed by atoms with E-state index in [2.05, 4.69) is 48.2 Å². The van der Waals surface area contributed by atoms with E-state index in [1.165, 1.54) is 127 Å². The normalized spacial score (nSPS) is 13.8. The summed E-state index contributed by atoms with van der Waals surface area (Å²) in [5, 5.41) is 15.8. The van der Waals surface area contributed by atoms with Crippen molar-refractivity contribution in [1.82, 2.24) is 8.61 Å². The second-order valence-electron chi connectivity index (χ2n) is 26.9. The molecule has 0 aliphatic carbocycles. The number of amidine groups is 2. The summed E-state index contributed by atoms with van der Waals surface area (Å²) >= 11 is 6.39. The third-order valence-electron chi connectivity index (χ3n) is 19.0. The average Bonchev–Trinajstić information content (AvgIpc) is 0.753. The zero-order valence-corrected chi connectivity index (χ0v) is 66.1. The molecule has 0 spiro atoms. The number of carbonyl (C=O) groups excluding carboxylic acids is 2. The standard InChI is InChI=1S/C42H59N5O4S.C41H56ClN5O5S/c1-6-9-10-11-12-13-14-15-16-21-30-51-31-22-29-47-41(44-38-25-19-20-26-39(38)52(47,49)50)40(42(48)45-36-24-18-17-23-33(36)4)43-37-28-27-35(32-34(37)5)46(7-2)8-3;1-5-7-8-9-10-11-12-13-14-15-16-19-28-52-37-25-22-32(42)30-36(37)45-41(49)39(40-44-35-20-17-18-21-38(35)53(50,51)46(40)4)43-34-24-23-33(29-31(34)3)47(6-2)26-27-48/h17-20,23-28,32H,6-16,21-22,29-31H2,1-5H3,(H,45,48);17-18,20-25,29-30,48H,5-16,19,26-28H2,1-4H3,(H,45,49). The van der Waals surface area contributed by atoms with Gasteiger partial charge in [-0.05, 0) is 162 Å². The number of aryl methyl sites for hydroxylation is 3. The second-order valence-corrected chi connectivity index (χ2v) is 31.1. The van der Waals surface area contributed by atoms with Crippen LogP contribution in [-0.4, -0.2) is 132 Å². The maximum atomic E-state index is 14.3. The zero-order chi connectivity index (χ0) is 75.6. The van der Waals surface area contributed by atoms with Crippen LogP contribution in [0.3, 0.4) is 0 Å². The first kappa shape index (κ1) is 84.3. The minimum atomic E-state index is -4.06. The molecule has 0 aromatic heterocycles. The number of sulfonamides is 2. The Kier molecular flexibility index (Phi) is 35.5. The summed E-state index contributed by atoms with van der Waals surface area (Å²) in [7, 11) is -6.73. The molecule has 0 atom stereocenters. The maximum absolute atomic E-state index is 14.3. The number of benzene rings is 6. The lowest BCUT2D eigenvalue weighted by atomic mass is 10.1. The van der Waals surface area contributed by atoms with Crippen molar-refractivity contribution >= 4 is 112 Å². The van der Waals surface area contributed by atoms with Gasteiger partial charge in [0, 0.05) is 75.1 Å². The Bertz CT molecular complexity index is 4120. The number of para-hydroxylation sites is 3. The highest BCUT2D eigenvalue weighted by Gasteiger charge is 2.39. The Balaban J connectivity index is 0.000000293. The molecular weight excluding hydrogens is 1380 g/mol. The lowest BCUT2D eigenvalue weighted by molar-refractivity contribution is -0.111. The smallest absolute Gasteiger partial charge is 0.278 e. The van der Waals surface area contributed by atoms with Crippen LogP contribution < -0.4 is 25.2 Å². The molecule has 22 heteroatoms. The fourth-order valence-corrected chi connectivity index (χ4v) is 15.8. The monoisotopic (exact) mass is 1490 g/mol. The van der Waals surface area contributed by atoms with Gasteiger partial charge in [0.2, 0.25) is 0 Å². The minimum absolute atomic E-state index is 0.00769. The van der Waals surface area contributed by atoms with Gasteiger partial charge in [-0.3, -0.25) is 13.9 Å². The molecule has 2 heterocycles. The van der Waals surface area contributed by atoms with E-state index in [-0.39, 0.29) is 57.4 Å². The van der Waals surface area contributed by atoms with Gasteiger partial charge >= 0.3 is 0 Å². The molecule has 6 aromatic rings. The van der Waals surface area contributed by atoms with E-state index in [1.807, 2.05) is 87.2 Å². The van der Waals surface area contributed by atoms with Crippen molar-refractivity contribution in [3.63, 3.8) is 0 Å². The average molecular weight is 1500 g/mol. The first-order valence-electron chi connectivity index (χ1n) is 38.4. The van der Waals surface area contributed by atoms with Crippen LogP contribution in [0.2, 0.25) is 5.02 Å². The fourth-order valence-electron chi connectivity index (χ4n) is 12.8. The van der Waals surface area contributed by atoms with Gasteiger partial charge in [0.25, 0.3) is 31.9 Å². The number of rotatable bonds is 44. The molecule has 0 unspecified atom stereocenters. The van der Waals surface area contributed by atoms with Crippen molar-refractivity contribution in [2.24, 2.45) is 20.0 Å². The van der Waals surface area contributed by atoms with Crippen molar-refractivity contribution in [2.45, 2.75) is 213 Å². The highest BCUT2D eigenvalue weighted by Crippen LogP contribution is 2.37. The Morgan fingerprint density at radius 2 is 0.943 bits per heavy atom. The van der Waals surface area contributed by atoms with Gasteiger partial charge in [0.1, 0.15) is 15.5 Å². The van der Waals surface area contributed by atoms with Crippen LogP contribution in [0.5, 0.6) is 5.75 Å². The first-order valence-corrected chi connectivity index (χ1v) is 41.6. The molecule has 0 bridgehead atoms. The van der Waals surface area contributed by atoms with Crippen LogP contribution in [0.15, 0.2) is 157 Å². The van der Waals surface area contributed by atoms with Crippen molar-refractivity contribution in [1.29, 1.82) is 0 Å². The number of aliphatic hydroxyl groups is 1. The van der Waals surface area contributed by atoms with E-state index in [1.54, 1.807) is 66.7 Å². The number of hydrogen-bond donors (Lipinski definition) is 3. The van der Waals surface area contributed by atoms with Crippen molar-refractivity contribution in [2.75, 3.05) is 86.6 Å². The summed E-state index contributed by atoms with van der Waals surface area (Å²) in [6.07, 6.45) is 27.9. The molecule has 8 rings (SSSR count). The van der Waals surface area contributed by atoms with Gasteiger partial charge in [0.15, 0.2) is 23.1 Å². The maximum Gasteiger partial charge on any atom is 0.278 e. The summed E-state index contributed by atoms with van der Waals surface area (Å²) in [6, 6.07) is 37.0. The third kappa shape index (κ3) is 25.1. The summed E-state index contributed by atoms with van der Waals surface area (Å²) in [6.45, 7) is 20.9. The number of hydrogen-bond acceptors (Lipinski definition) is 15. The zero-order valence-electron chi connectivity index (χ0n) is 63.7. The Morgan fingerprint density at radius 1 is 0.495 bits per heavy atom. The fraction of sp³-hybridized carbons (Fsp3) is 0.494. The highest BCUT2D eigenvalue weighted by atomic mass is 35.5. The second kappa shape index (κ2) is 44.2. The number of fused-ring (bicyclic) bond motifs is 2. The summed E-state index contributed by atoms with van der Waals surface area (Å²) in [4.78, 5) is 52.0. The Hall–Kier alpha value is -7.95. The highest BCUT2D eigenvalue weighted by molar-refractivity contribution is 7.90. The number of unbranched alkanes of at least 4 members (excludes halogenated alkanes) is 20. The largest absolute Gasteiger partial charge is 0.491 e. The first-order chi connectivity index (χ1) is 50.8. The number of halogens is 1. The number of anilines is 4. The van der Waals surface area contributed by atoms with Crippen LogP contribution in [0, 0.1) is 20.8 Å². The quantitative estimate of drug-likeness (QED) is 0.0241. The predicted octanol–water partition coefficient (Wildman–Crippen LogP) is 19.5. The van der Waals surface area contributed by atoms with E-state index < -0.39 is 31.9 Å². The van der Waals surface area contributed by atoms with Gasteiger partial charge in [-0.25, -0.2) is 41.1 Å². The van der Waals surface area contributed by atoms with Crippen LogP contribution in [-0.2, 0) is 34.4 Å². The lowest BCUT2D eigenvalue weighted by Gasteiger charge is -2.30. The van der Waals surface area contributed by atoms with Gasteiger partial charge in [0.05, 0.1) is 41.7 Å². The molecule has 2 amide bonds. The van der Waals surface area contributed by atoms with Crippen LogP contribution in [0.4, 0.5) is 45.5 Å². The van der Waals surface area contributed by atoms with Gasteiger partial charge in [-0.15, -0.1) is 0 Å². The van der Waals surface area contributed by atoms with E-state index in [4.69, 9.17) is 36.1 Å². The summed E-state index contributed by atoms with van der Waals surface area (Å²) < 4.78 is 70.0. The van der Waals surface area contributed by atoms with Crippen LogP contribution >= 0.6 is 11.6 Å². The van der Waals surface area contributed by atoms with Crippen molar-refractivity contribution in [3.05, 3.63) is 149 Å². The number of aliphatic hydroxyl groups excluding tert-OH is 1. The number of nitrogens with zero attached hydrogens (tertiary/aromatic N) is 8. The molecule has 105 heavy (non-hydrogen) atoms. The Morgan fingerprint density at radius 3 is 1.46 bits per heavy atom. The molecule has 0 saturated carbocycles. The minimum Gasteiger partial charge on any atom is -0.491 e. The SMILES string of the molecule is CCCCCCCCCCCCCCOc1ccc(Cl)cc1NC(=O)C(=Nc1ccc(N(CC)CCO)cc1C)C1=Nc2ccccc2S(=O)(=O)N1C.CCCCCCCCCCCCOCCCN1C(C(=Nc2ccc(N(CC)CC)cc2C)C(=O)Nc2ccccc2C)=Nc2ccccc2S1(=O)=O. The van der Waals surface area contributed by atoms with E-state index in [0.29, 0.717) is 72.9 Å². The van der Waals surface area contributed by atoms with Gasteiger partial charge in [-0.1, -0.05) is 196 Å². The number of carbonyl (C=O) groups is 2. The molecule has 0 fully saturated rings. The number of likely N-dealkylation sites (N-methyl/N-ethyl adjacent to an activating group) is 1. The molecule has 570 valence electrons.